The molecular weight excluding hydrogens is 439 g/mol. The molecular formula is C25H29FN4O2S. The molecule has 1 fully saturated rings. The number of benzene rings is 2. The van der Waals surface area contributed by atoms with Crippen LogP contribution in [0.2, 0.25) is 0 Å². The number of likely N-dealkylation sites (tertiary alicyclic amines) is 1. The summed E-state index contributed by atoms with van der Waals surface area (Å²) in [6.45, 7) is 5.02. The number of para-hydroxylation sites is 1. The highest BCUT2D eigenvalue weighted by Gasteiger charge is 2.18. The number of thioether (sulfide) groups is 1. The smallest absolute Gasteiger partial charge is 0.266 e. The minimum absolute atomic E-state index is 0.0974. The maximum Gasteiger partial charge on any atom is 0.266 e. The summed E-state index contributed by atoms with van der Waals surface area (Å²) in [7, 11) is 0. The molecule has 1 saturated heterocycles. The van der Waals surface area contributed by atoms with Crippen LogP contribution in [0, 0.1) is 5.82 Å². The second kappa shape index (κ2) is 10.9. The molecule has 4 rings (SSSR count). The van der Waals surface area contributed by atoms with Crippen LogP contribution in [0.15, 0.2) is 58.5 Å². The van der Waals surface area contributed by atoms with Crippen LogP contribution < -0.4 is 10.9 Å². The van der Waals surface area contributed by atoms with E-state index >= 15 is 0 Å². The summed E-state index contributed by atoms with van der Waals surface area (Å²) in [5.74, 6) is -0.334. The average molecular weight is 469 g/mol. The first kappa shape index (κ1) is 23.4. The standard InChI is InChI=1S/C25H29FN4O2S/c1-18-7-4-5-15-29(18)16-6-14-27-23(31)17-33-25-28-22-9-3-2-8-21(22)24(32)30(25)20-12-10-19(26)11-13-20/h2-3,8-13,18H,4-7,14-17H2,1H3,(H,27,31). The number of amides is 1. The Morgan fingerprint density at radius 2 is 1.97 bits per heavy atom. The quantitative estimate of drug-likeness (QED) is 0.308. The van der Waals surface area contributed by atoms with E-state index in [9.17, 15) is 14.0 Å². The van der Waals surface area contributed by atoms with E-state index in [1.54, 1.807) is 30.3 Å². The molecule has 1 atom stereocenters. The molecule has 174 valence electrons. The van der Waals surface area contributed by atoms with E-state index in [-0.39, 0.29) is 23.0 Å². The van der Waals surface area contributed by atoms with E-state index in [1.165, 1.54) is 47.7 Å². The number of hydrogen-bond acceptors (Lipinski definition) is 5. The van der Waals surface area contributed by atoms with Crippen LogP contribution in [0.5, 0.6) is 0 Å². The van der Waals surface area contributed by atoms with Crippen molar-refractivity contribution in [3.8, 4) is 5.69 Å². The van der Waals surface area contributed by atoms with Gasteiger partial charge in [-0.05, 0) is 69.1 Å². The van der Waals surface area contributed by atoms with Crippen LogP contribution in [0.4, 0.5) is 4.39 Å². The second-order valence-electron chi connectivity index (χ2n) is 8.40. The molecule has 0 aliphatic carbocycles. The number of halogens is 1. The Morgan fingerprint density at radius 3 is 2.76 bits per heavy atom. The van der Waals surface area contributed by atoms with E-state index in [2.05, 4.69) is 22.1 Å². The average Bonchev–Trinajstić information content (AvgIpc) is 2.82. The summed E-state index contributed by atoms with van der Waals surface area (Å²) in [6, 6.07) is 13.4. The van der Waals surface area contributed by atoms with Crippen LogP contribution in [-0.4, -0.2) is 51.8 Å². The number of nitrogens with zero attached hydrogens (tertiary/aromatic N) is 3. The van der Waals surface area contributed by atoms with Crippen molar-refractivity contribution in [1.29, 1.82) is 0 Å². The Balaban J connectivity index is 1.42. The van der Waals surface area contributed by atoms with Crippen molar-refractivity contribution in [2.24, 2.45) is 0 Å². The molecule has 0 bridgehead atoms. The zero-order chi connectivity index (χ0) is 23.2. The lowest BCUT2D eigenvalue weighted by Gasteiger charge is -2.33. The Kier molecular flexibility index (Phi) is 7.77. The molecule has 8 heteroatoms. The van der Waals surface area contributed by atoms with Gasteiger partial charge in [-0.2, -0.15) is 0 Å². The lowest BCUT2D eigenvalue weighted by Crippen LogP contribution is -2.39. The number of carbonyl (C=O) groups is 1. The molecule has 1 N–H and O–H groups in total. The maximum absolute atomic E-state index is 13.4. The fourth-order valence-corrected chi connectivity index (χ4v) is 5.05. The minimum Gasteiger partial charge on any atom is -0.355 e. The molecule has 2 aromatic carbocycles. The molecule has 0 saturated carbocycles. The molecule has 0 spiro atoms. The summed E-state index contributed by atoms with van der Waals surface area (Å²) < 4.78 is 14.9. The third-order valence-corrected chi connectivity index (χ3v) is 6.99. The molecule has 1 aromatic heterocycles. The van der Waals surface area contributed by atoms with Gasteiger partial charge in [-0.15, -0.1) is 0 Å². The first-order valence-electron chi connectivity index (χ1n) is 11.4. The van der Waals surface area contributed by atoms with Gasteiger partial charge in [-0.1, -0.05) is 30.3 Å². The number of rotatable bonds is 8. The zero-order valence-electron chi connectivity index (χ0n) is 18.8. The molecule has 0 radical (unpaired) electrons. The summed E-state index contributed by atoms with van der Waals surface area (Å²) >= 11 is 1.21. The maximum atomic E-state index is 13.4. The van der Waals surface area contributed by atoms with Gasteiger partial charge in [-0.25, -0.2) is 9.37 Å². The molecule has 1 aliphatic heterocycles. The Labute approximate surface area is 197 Å². The molecule has 1 aliphatic rings. The van der Waals surface area contributed by atoms with Crippen LogP contribution in [-0.2, 0) is 4.79 Å². The lowest BCUT2D eigenvalue weighted by atomic mass is 10.0. The van der Waals surface area contributed by atoms with Crippen molar-refractivity contribution in [3.05, 3.63) is 64.7 Å². The van der Waals surface area contributed by atoms with E-state index in [1.807, 2.05) is 6.07 Å². The van der Waals surface area contributed by atoms with Gasteiger partial charge in [0.25, 0.3) is 5.56 Å². The zero-order valence-corrected chi connectivity index (χ0v) is 19.6. The summed E-state index contributed by atoms with van der Waals surface area (Å²) in [5.41, 5.74) is 0.836. The first-order valence-corrected chi connectivity index (χ1v) is 12.4. The molecule has 33 heavy (non-hydrogen) atoms. The third-order valence-electron chi connectivity index (χ3n) is 6.05. The number of nitrogens with one attached hydrogen (secondary N) is 1. The lowest BCUT2D eigenvalue weighted by molar-refractivity contribution is -0.118. The van der Waals surface area contributed by atoms with E-state index < -0.39 is 0 Å². The Morgan fingerprint density at radius 1 is 1.18 bits per heavy atom. The van der Waals surface area contributed by atoms with E-state index in [0.717, 1.165) is 19.5 Å². The van der Waals surface area contributed by atoms with Crippen molar-refractivity contribution in [2.45, 2.75) is 43.8 Å². The van der Waals surface area contributed by atoms with E-state index in [0.29, 0.717) is 34.3 Å². The van der Waals surface area contributed by atoms with Gasteiger partial charge in [0.05, 0.1) is 22.3 Å². The molecule has 1 amide bonds. The normalized spacial score (nSPS) is 16.7. The van der Waals surface area contributed by atoms with Crippen LogP contribution in [0.25, 0.3) is 16.6 Å². The first-order chi connectivity index (χ1) is 16.0. The Hall–Kier alpha value is -2.71. The monoisotopic (exact) mass is 468 g/mol. The van der Waals surface area contributed by atoms with Crippen LogP contribution in [0.1, 0.15) is 32.6 Å². The highest BCUT2D eigenvalue weighted by molar-refractivity contribution is 7.99. The number of aromatic nitrogens is 2. The number of fused-ring (bicyclic) bond motifs is 1. The topological polar surface area (TPSA) is 67.2 Å². The van der Waals surface area contributed by atoms with Gasteiger partial charge in [0.15, 0.2) is 5.16 Å². The van der Waals surface area contributed by atoms with Gasteiger partial charge in [0.1, 0.15) is 5.82 Å². The minimum atomic E-state index is -0.381. The van der Waals surface area contributed by atoms with Crippen molar-refractivity contribution < 1.29 is 9.18 Å². The van der Waals surface area contributed by atoms with Crippen molar-refractivity contribution in [1.82, 2.24) is 19.8 Å². The van der Waals surface area contributed by atoms with Gasteiger partial charge in [0, 0.05) is 19.1 Å². The number of piperidine rings is 1. The van der Waals surface area contributed by atoms with Crippen LogP contribution in [0.3, 0.4) is 0 Å². The third kappa shape index (κ3) is 5.81. The summed E-state index contributed by atoms with van der Waals surface area (Å²) in [4.78, 5) is 32.7. The highest BCUT2D eigenvalue weighted by atomic mass is 32.2. The predicted octanol–water partition coefficient (Wildman–Crippen LogP) is 4.00. The fraction of sp³-hybridized carbons (Fsp3) is 0.400. The molecule has 2 heterocycles. The van der Waals surface area contributed by atoms with Crippen molar-refractivity contribution >= 4 is 28.6 Å². The second-order valence-corrected chi connectivity index (χ2v) is 9.34. The number of hydrogen-bond donors (Lipinski definition) is 1. The predicted molar refractivity (Wildman–Crippen MR) is 131 cm³/mol. The van der Waals surface area contributed by atoms with Gasteiger partial charge < -0.3 is 10.2 Å². The van der Waals surface area contributed by atoms with Gasteiger partial charge >= 0.3 is 0 Å². The Bertz CT molecular complexity index is 1170. The van der Waals surface area contributed by atoms with Gasteiger partial charge in [0.2, 0.25) is 5.91 Å². The fourth-order valence-electron chi connectivity index (χ4n) is 4.21. The van der Waals surface area contributed by atoms with E-state index in [4.69, 9.17) is 0 Å². The van der Waals surface area contributed by atoms with Crippen LogP contribution >= 0.6 is 11.8 Å². The van der Waals surface area contributed by atoms with Crippen molar-refractivity contribution in [3.63, 3.8) is 0 Å². The summed E-state index contributed by atoms with van der Waals surface area (Å²) in [6.07, 6.45) is 4.71. The highest BCUT2D eigenvalue weighted by Crippen LogP contribution is 2.21. The summed E-state index contributed by atoms with van der Waals surface area (Å²) in [5, 5.41) is 3.85. The molecule has 1 unspecified atom stereocenters. The van der Waals surface area contributed by atoms with Gasteiger partial charge in [-0.3, -0.25) is 14.2 Å². The largest absolute Gasteiger partial charge is 0.355 e. The SMILES string of the molecule is CC1CCCCN1CCCNC(=O)CSc1nc2ccccc2c(=O)n1-c1ccc(F)cc1. The molecule has 6 nitrogen and oxygen atoms in total. The molecule has 3 aromatic rings. The van der Waals surface area contributed by atoms with Crippen molar-refractivity contribution in [2.75, 3.05) is 25.4 Å². The number of carbonyl (C=O) groups excluding carboxylic acids is 1.